The fourth-order valence-corrected chi connectivity index (χ4v) is 2.12. The van der Waals surface area contributed by atoms with Crippen molar-refractivity contribution in [2.75, 3.05) is 5.32 Å². The van der Waals surface area contributed by atoms with Crippen molar-refractivity contribution in [2.45, 2.75) is 26.1 Å². The standard InChI is InChI=1S/C14H13ClF3N3/c1-2-11-12(15)20-8-21-13(11)19-7-9-3-5-10(6-4-9)14(16,17)18/h3-6,8H,2,7H2,1H3,(H,19,20,21). The zero-order valence-corrected chi connectivity index (χ0v) is 12.0. The van der Waals surface area contributed by atoms with Crippen LogP contribution in [-0.4, -0.2) is 9.97 Å². The van der Waals surface area contributed by atoms with Crippen LogP contribution in [0.4, 0.5) is 19.0 Å². The molecule has 3 nitrogen and oxygen atoms in total. The summed E-state index contributed by atoms with van der Waals surface area (Å²) in [6.45, 7) is 2.28. The molecule has 0 amide bonds. The van der Waals surface area contributed by atoms with Gasteiger partial charge < -0.3 is 5.32 Å². The Kier molecular flexibility index (Phi) is 4.67. The highest BCUT2D eigenvalue weighted by Crippen LogP contribution is 2.29. The summed E-state index contributed by atoms with van der Waals surface area (Å²) in [5.41, 5.74) is 0.844. The van der Waals surface area contributed by atoms with Crippen LogP contribution in [0.1, 0.15) is 23.6 Å². The molecular formula is C14H13ClF3N3. The normalized spacial score (nSPS) is 11.5. The first-order valence-electron chi connectivity index (χ1n) is 6.31. The summed E-state index contributed by atoms with van der Waals surface area (Å²) < 4.78 is 37.4. The minimum atomic E-state index is -4.32. The molecule has 0 spiro atoms. The average Bonchev–Trinajstić information content (AvgIpc) is 2.44. The number of rotatable bonds is 4. The molecule has 0 aliphatic rings. The van der Waals surface area contributed by atoms with E-state index in [0.29, 0.717) is 23.9 Å². The largest absolute Gasteiger partial charge is 0.416 e. The van der Waals surface area contributed by atoms with Gasteiger partial charge in [-0.3, -0.25) is 0 Å². The van der Waals surface area contributed by atoms with E-state index in [1.807, 2.05) is 6.92 Å². The maximum atomic E-state index is 12.5. The van der Waals surface area contributed by atoms with Crippen molar-refractivity contribution in [3.8, 4) is 0 Å². The van der Waals surface area contributed by atoms with Crippen molar-refractivity contribution in [1.82, 2.24) is 9.97 Å². The van der Waals surface area contributed by atoms with Crippen molar-refractivity contribution in [1.29, 1.82) is 0 Å². The molecule has 0 saturated heterocycles. The van der Waals surface area contributed by atoms with Gasteiger partial charge in [-0.2, -0.15) is 13.2 Å². The Bertz CT molecular complexity index is 612. The van der Waals surface area contributed by atoms with Crippen LogP contribution < -0.4 is 5.32 Å². The molecular weight excluding hydrogens is 303 g/mol. The van der Waals surface area contributed by atoms with Crippen LogP contribution in [0.5, 0.6) is 0 Å². The topological polar surface area (TPSA) is 37.8 Å². The quantitative estimate of drug-likeness (QED) is 0.854. The second-order valence-corrected chi connectivity index (χ2v) is 4.75. The highest BCUT2D eigenvalue weighted by molar-refractivity contribution is 6.30. The second kappa shape index (κ2) is 6.30. The molecule has 0 radical (unpaired) electrons. The van der Waals surface area contributed by atoms with Gasteiger partial charge in [0.05, 0.1) is 5.56 Å². The molecule has 1 N–H and O–H groups in total. The van der Waals surface area contributed by atoms with E-state index in [1.165, 1.54) is 18.5 Å². The van der Waals surface area contributed by atoms with Crippen LogP contribution in [0, 0.1) is 0 Å². The van der Waals surface area contributed by atoms with Gasteiger partial charge in [0.1, 0.15) is 17.3 Å². The minimum Gasteiger partial charge on any atom is -0.366 e. The molecule has 0 fully saturated rings. The van der Waals surface area contributed by atoms with Gasteiger partial charge in [0, 0.05) is 12.1 Å². The van der Waals surface area contributed by atoms with Gasteiger partial charge in [0.2, 0.25) is 0 Å². The van der Waals surface area contributed by atoms with E-state index in [9.17, 15) is 13.2 Å². The van der Waals surface area contributed by atoms with Gasteiger partial charge in [0.15, 0.2) is 0 Å². The molecule has 0 saturated carbocycles. The average molecular weight is 316 g/mol. The zero-order chi connectivity index (χ0) is 15.5. The Balaban J connectivity index is 2.09. The van der Waals surface area contributed by atoms with E-state index in [2.05, 4.69) is 15.3 Å². The molecule has 0 atom stereocenters. The van der Waals surface area contributed by atoms with Gasteiger partial charge >= 0.3 is 6.18 Å². The Morgan fingerprint density at radius 3 is 2.38 bits per heavy atom. The maximum Gasteiger partial charge on any atom is 0.416 e. The van der Waals surface area contributed by atoms with Crippen LogP contribution in [0.25, 0.3) is 0 Å². The lowest BCUT2D eigenvalue weighted by molar-refractivity contribution is -0.137. The van der Waals surface area contributed by atoms with Crippen LogP contribution in [0.15, 0.2) is 30.6 Å². The molecule has 0 unspecified atom stereocenters. The second-order valence-electron chi connectivity index (χ2n) is 4.39. The summed E-state index contributed by atoms with van der Waals surface area (Å²) in [6, 6.07) is 4.99. The lowest BCUT2D eigenvalue weighted by Crippen LogP contribution is -2.07. The summed E-state index contributed by atoms with van der Waals surface area (Å²) in [5.74, 6) is 0.595. The number of nitrogens with one attached hydrogen (secondary N) is 1. The van der Waals surface area contributed by atoms with Gasteiger partial charge in [-0.15, -0.1) is 0 Å². The molecule has 1 aromatic carbocycles. The van der Waals surface area contributed by atoms with Gasteiger partial charge in [0.25, 0.3) is 0 Å². The first kappa shape index (κ1) is 15.6. The van der Waals surface area contributed by atoms with E-state index < -0.39 is 11.7 Å². The predicted octanol–water partition coefficient (Wildman–Crippen LogP) is 4.32. The Hall–Kier alpha value is -1.82. The van der Waals surface area contributed by atoms with Crippen molar-refractivity contribution in [2.24, 2.45) is 0 Å². The fraction of sp³-hybridized carbons (Fsp3) is 0.286. The first-order valence-corrected chi connectivity index (χ1v) is 6.69. The first-order chi connectivity index (χ1) is 9.91. The van der Waals surface area contributed by atoms with Crippen molar-refractivity contribution < 1.29 is 13.2 Å². The van der Waals surface area contributed by atoms with Crippen molar-refractivity contribution in [3.63, 3.8) is 0 Å². The lowest BCUT2D eigenvalue weighted by Gasteiger charge is -2.11. The molecule has 2 rings (SSSR count). The van der Waals surface area contributed by atoms with Gasteiger partial charge in [-0.1, -0.05) is 30.7 Å². The monoisotopic (exact) mass is 315 g/mol. The molecule has 0 aliphatic heterocycles. The number of anilines is 1. The van der Waals surface area contributed by atoms with E-state index in [4.69, 9.17) is 11.6 Å². The summed E-state index contributed by atoms with van der Waals surface area (Å²) in [4.78, 5) is 7.99. The Labute approximate surface area is 125 Å². The van der Waals surface area contributed by atoms with Crippen LogP contribution in [0.2, 0.25) is 5.15 Å². The van der Waals surface area contributed by atoms with Crippen molar-refractivity contribution >= 4 is 17.4 Å². The molecule has 0 bridgehead atoms. The molecule has 1 heterocycles. The molecule has 7 heteroatoms. The summed E-state index contributed by atoms with van der Waals surface area (Å²) >= 11 is 5.97. The highest BCUT2D eigenvalue weighted by Gasteiger charge is 2.29. The Morgan fingerprint density at radius 2 is 1.81 bits per heavy atom. The fourth-order valence-electron chi connectivity index (χ4n) is 1.85. The van der Waals surface area contributed by atoms with Crippen LogP contribution in [-0.2, 0) is 19.1 Å². The third-order valence-corrected chi connectivity index (χ3v) is 3.31. The minimum absolute atomic E-state index is 0.360. The molecule has 21 heavy (non-hydrogen) atoms. The third kappa shape index (κ3) is 3.85. The van der Waals surface area contributed by atoms with Crippen molar-refractivity contribution in [3.05, 3.63) is 52.4 Å². The van der Waals surface area contributed by atoms with Gasteiger partial charge in [-0.25, -0.2) is 9.97 Å². The molecule has 0 aliphatic carbocycles. The van der Waals surface area contributed by atoms with E-state index in [0.717, 1.165) is 23.3 Å². The van der Waals surface area contributed by atoms with Crippen LogP contribution >= 0.6 is 11.6 Å². The maximum absolute atomic E-state index is 12.5. The number of hydrogen-bond acceptors (Lipinski definition) is 3. The predicted molar refractivity (Wildman–Crippen MR) is 75.2 cm³/mol. The molecule has 2 aromatic rings. The third-order valence-electron chi connectivity index (χ3n) is 2.99. The number of halogens is 4. The number of nitrogens with zero attached hydrogens (tertiary/aromatic N) is 2. The number of alkyl halides is 3. The number of benzene rings is 1. The number of aromatic nitrogens is 2. The molecule has 1 aromatic heterocycles. The SMILES string of the molecule is CCc1c(Cl)ncnc1NCc1ccc(C(F)(F)F)cc1. The summed E-state index contributed by atoms with van der Waals surface area (Å²) in [7, 11) is 0. The lowest BCUT2D eigenvalue weighted by atomic mass is 10.1. The highest BCUT2D eigenvalue weighted by atomic mass is 35.5. The van der Waals surface area contributed by atoms with E-state index in [1.54, 1.807) is 0 Å². The Morgan fingerprint density at radius 1 is 1.14 bits per heavy atom. The summed E-state index contributed by atoms with van der Waals surface area (Å²) in [6.07, 6.45) is -2.31. The molecule has 112 valence electrons. The van der Waals surface area contributed by atoms with E-state index >= 15 is 0 Å². The van der Waals surface area contributed by atoms with Gasteiger partial charge in [-0.05, 0) is 24.1 Å². The smallest absolute Gasteiger partial charge is 0.366 e. The summed E-state index contributed by atoms with van der Waals surface area (Å²) in [5, 5.41) is 3.44. The zero-order valence-electron chi connectivity index (χ0n) is 11.2. The number of hydrogen-bond donors (Lipinski definition) is 1. The van der Waals surface area contributed by atoms with Crippen LogP contribution in [0.3, 0.4) is 0 Å². The van der Waals surface area contributed by atoms with E-state index in [-0.39, 0.29) is 0 Å².